The van der Waals surface area contributed by atoms with Crippen molar-refractivity contribution < 1.29 is 8.78 Å². The molecule has 0 saturated carbocycles. The van der Waals surface area contributed by atoms with Gasteiger partial charge in [0.05, 0.1) is 0 Å². The third-order valence-corrected chi connectivity index (χ3v) is 2.61. The van der Waals surface area contributed by atoms with Gasteiger partial charge in [-0.15, -0.1) is 0 Å². The normalized spacial score (nSPS) is 24.3. The lowest BCUT2D eigenvalue weighted by Crippen LogP contribution is -2.13. The average Bonchev–Trinajstić information content (AvgIpc) is 2.01. The van der Waals surface area contributed by atoms with Crippen LogP contribution in [-0.2, 0) is 0 Å². The van der Waals surface area contributed by atoms with Crippen molar-refractivity contribution in [1.82, 2.24) is 0 Å². The van der Waals surface area contributed by atoms with Crippen molar-refractivity contribution in [3.63, 3.8) is 0 Å². The van der Waals surface area contributed by atoms with E-state index in [1.54, 1.807) is 0 Å². The van der Waals surface area contributed by atoms with Crippen LogP contribution in [0.25, 0.3) is 0 Å². The first-order valence-corrected chi connectivity index (χ1v) is 5.08. The van der Waals surface area contributed by atoms with E-state index in [4.69, 9.17) is 0 Å². The van der Waals surface area contributed by atoms with E-state index in [9.17, 15) is 8.78 Å². The third kappa shape index (κ3) is 3.88. The number of halogens is 2. The summed E-state index contributed by atoms with van der Waals surface area (Å²) in [6.07, 6.45) is 6.25. The summed E-state index contributed by atoms with van der Waals surface area (Å²) in [5.41, 5.74) is 0.964. The molecule has 0 aliphatic heterocycles. The standard InChI is InChI=1S/C11H18F2/c1-3-9-5-4-6-10(7-9)8-11(2,12)13/h7,9H,3-6,8H2,1-2H3. The maximum absolute atomic E-state index is 12.7. The van der Waals surface area contributed by atoms with E-state index in [1.807, 2.05) is 0 Å². The maximum Gasteiger partial charge on any atom is 0.249 e. The second kappa shape index (κ2) is 4.21. The number of allylic oxidation sites excluding steroid dienone is 2. The van der Waals surface area contributed by atoms with Crippen molar-refractivity contribution in [2.24, 2.45) is 5.92 Å². The van der Waals surface area contributed by atoms with Gasteiger partial charge in [0, 0.05) is 6.42 Å². The van der Waals surface area contributed by atoms with E-state index >= 15 is 0 Å². The Kier molecular flexibility index (Phi) is 3.46. The Morgan fingerprint density at radius 3 is 2.77 bits per heavy atom. The maximum atomic E-state index is 12.7. The van der Waals surface area contributed by atoms with Crippen LogP contribution < -0.4 is 0 Å². The number of rotatable bonds is 3. The van der Waals surface area contributed by atoms with Gasteiger partial charge in [-0.05, 0) is 38.5 Å². The minimum Gasteiger partial charge on any atom is -0.207 e. The minimum atomic E-state index is -2.53. The fraction of sp³-hybridized carbons (Fsp3) is 0.818. The van der Waals surface area contributed by atoms with Crippen LogP contribution in [0.2, 0.25) is 0 Å². The van der Waals surface area contributed by atoms with Crippen molar-refractivity contribution in [3.8, 4) is 0 Å². The van der Waals surface area contributed by atoms with E-state index in [-0.39, 0.29) is 6.42 Å². The molecular formula is C11H18F2. The predicted molar refractivity (Wildman–Crippen MR) is 51.0 cm³/mol. The molecule has 0 bridgehead atoms. The summed E-state index contributed by atoms with van der Waals surface area (Å²) >= 11 is 0. The molecule has 0 aromatic heterocycles. The van der Waals surface area contributed by atoms with Gasteiger partial charge in [0.25, 0.3) is 0 Å². The van der Waals surface area contributed by atoms with Gasteiger partial charge in [-0.25, -0.2) is 8.78 Å². The van der Waals surface area contributed by atoms with Gasteiger partial charge in [-0.3, -0.25) is 0 Å². The predicted octanol–water partition coefficient (Wildman–Crippen LogP) is 4.17. The fourth-order valence-corrected chi connectivity index (χ4v) is 1.96. The van der Waals surface area contributed by atoms with Gasteiger partial charge in [-0.2, -0.15) is 0 Å². The Bertz CT molecular complexity index is 189. The molecule has 0 amide bonds. The van der Waals surface area contributed by atoms with Crippen molar-refractivity contribution in [3.05, 3.63) is 11.6 Å². The highest BCUT2D eigenvalue weighted by Crippen LogP contribution is 2.31. The molecule has 76 valence electrons. The summed E-state index contributed by atoms with van der Waals surface area (Å²) in [7, 11) is 0. The average molecular weight is 188 g/mol. The first kappa shape index (κ1) is 10.7. The van der Waals surface area contributed by atoms with Crippen molar-refractivity contribution in [2.75, 3.05) is 0 Å². The number of hydrogen-bond donors (Lipinski definition) is 0. The van der Waals surface area contributed by atoms with E-state index in [2.05, 4.69) is 13.0 Å². The van der Waals surface area contributed by atoms with Crippen LogP contribution in [-0.4, -0.2) is 5.92 Å². The number of hydrogen-bond acceptors (Lipinski definition) is 0. The summed E-state index contributed by atoms with van der Waals surface area (Å²) in [6.45, 7) is 3.12. The summed E-state index contributed by atoms with van der Waals surface area (Å²) in [5, 5.41) is 0. The topological polar surface area (TPSA) is 0 Å². The zero-order chi connectivity index (χ0) is 9.90. The summed E-state index contributed by atoms with van der Waals surface area (Å²) in [4.78, 5) is 0. The van der Waals surface area contributed by atoms with Crippen LogP contribution in [0.5, 0.6) is 0 Å². The Balaban J connectivity index is 2.54. The smallest absolute Gasteiger partial charge is 0.207 e. The molecule has 1 rings (SSSR count). The van der Waals surface area contributed by atoms with Gasteiger partial charge < -0.3 is 0 Å². The number of alkyl halides is 2. The van der Waals surface area contributed by atoms with Gasteiger partial charge in [0.2, 0.25) is 5.92 Å². The molecule has 1 aliphatic rings. The van der Waals surface area contributed by atoms with E-state index in [0.717, 1.165) is 31.8 Å². The zero-order valence-electron chi connectivity index (χ0n) is 8.45. The molecule has 2 heteroatoms. The van der Waals surface area contributed by atoms with Crippen LogP contribution in [0.1, 0.15) is 46.0 Å². The summed E-state index contributed by atoms with van der Waals surface area (Å²) in [5.74, 6) is -1.98. The van der Waals surface area contributed by atoms with E-state index < -0.39 is 5.92 Å². The second-order valence-corrected chi connectivity index (χ2v) is 4.13. The summed E-state index contributed by atoms with van der Waals surface area (Å²) < 4.78 is 25.4. The van der Waals surface area contributed by atoms with Gasteiger partial charge in [-0.1, -0.05) is 18.6 Å². The van der Waals surface area contributed by atoms with Crippen molar-refractivity contribution in [2.45, 2.75) is 51.9 Å². The monoisotopic (exact) mass is 188 g/mol. The van der Waals surface area contributed by atoms with Gasteiger partial charge in [0.15, 0.2) is 0 Å². The zero-order valence-corrected chi connectivity index (χ0v) is 8.45. The lowest BCUT2D eigenvalue weighted by Gasteiger charge is -2.21. The SMILES string of the molecule is CCC1C=C(CC(C)(F)F)CCC1. The van der Waals surface area contributed by atoms with Crippen LogP contribution in [0.15, 0.2) is 11.6 Å². The van der Waals surface area contributed by atoms with Crippen LogP contribution >= 0.6 is 0 Å². The largest absolute Gasteiger partial charge is 0.249 e. The lowest BCUT2D eigenvalue weighted by atomic mass is 9.87. The highest BCUT2D eigenvalue weighted by Gasteiger charge is 2.24. The van der Waals surface area contributed by atoms with Crippen molar-refractivity contribution in [1.29, 1.82) is 0 Å². The molecule has 0 N–H and O–H groups in total. The van der Waals surface area contributed by atoms with Crippen LogP contribution in [0, 0.1) is 5.92 Å². The Morgan fingerprint density at radius 2 is 2.23 bits per heavy atom. The second-order valence-electron chi connectivity index (χ2n) is 4.13. The summed E-state index contributed by atoms with van der Waals surface area (Å²) in [6, 6.07) is 0. The molecule has 13 heavy (non-hydrogen) atoms. The van der Waals surface area contributed by atoms with Gasteiger partial charge >= 0.3 is 0 Å². The highest BCUT2D eigenvalue weighted by atomic mass is 19.3. The molecule has 0 aromatic carbocycles. The Labute approximate surface area is 79.0 Å². The van der Waals surface area contributed by atoms with E-state index in [1.165, 1.54) is 6.42 Å². The van der Waals surface area contributed by atoms with Crippen LogP contribution in [0.3, 0.4) is 0 Å². The van der Waals surface area contributed by atoms with Gasteiger partial charge in [0.1, 0.15) is 0 Å². The molecule has 1 unspecified atom stereocenters. The molecule has 0 aromatic rings. The Morgan fingerprint density at radius 1 is 1.54 bits per heavy atom. The van der Waals surface area contributed by atoms with Crippen molar-refractivity contribution >= 4 is 0 Å². The van der Waals surface area contributed by atoms with E-state index in [0.29, 0.717) is 5.92 Å². The lowest BCUT2D eigenvalue weighted by molar-refractivity contribution is 0.0213. The first-order chi connectivity index (χ1) is 6.01. The minimum absolute atomic E-state index is 0.0382. The first-order valence-electron chi connectivity index (χ1n) is 5.08. The molecule has 0 saturated heterocycles. The molecule has 1 atom stereocenters. The fourth-order valence-electron chi connectivity index (χ4n) is 1.96. The molecule has 0 radical (unpaired) electrons. The molecule has 0 spiro atoms. The third-order valence-electron chi connectivity index (χ3n) is 2.61. The molecule has 0 nitrogen and oxygen atoms in total. The molecule has 0 fully saturated rings. The molecule has 1 aliphatic carbocycles. The van der Waals surface area contributed by atoms with Crippen LogP contribution in [0.4, 0.5) is 8.78 Å². The molecular weight excluding hydrogens is 170 g/mol. The quantitative estimate of drug-likeness (QED) is 0.583. The Hall–Kier alpha value is -0.400. The highest BCUT2D eigenvalue weighted by molar-refractivity contribution is 5.09. The molecule has 0 heterocycles.